The molecule has 8 heteroatoms. The summed E-state index contributed by atoms with van der Waals surface area (Å²) in [7, 11) is 0. The fourth-order valence-corrected chi connectivity index (χ4v) is 4.60. The van der Waals surface area contributed by atoms with E-state index in [9.17, 15) is 13.6 Å². The molecule has 0 aliphatic carbocycles. The van der Waals surface area contributed by atoms with E-state index in [1.807, 2.05) is 12.1 Å². The average molecular weight is 426 g/mol. The number of nitrogens with one attached hydrogen (secondary N) is 1. The minimum atomic E-state index is -0.443. The quantitative estimate of drug-likeness (QED) is 0.688. The second kappa shape index (κ2) is 8.26. The molecular formula is C23H24F2N4O2. The van der Waals surface area contributed by atoms with Crippen molar-refractivity contribution in [2.75, 3.05) is 24.7 Å². The van der Waals surface area contributed by atoms with E-state index in [-0.39, 0.29) is 18.0 Å². The average Bonchev–Trinajstić information content (AvgIpc) is 3.43. The molecule has 1 N–H and O–H groups in total. The highest BCUT2D eigenvalue weighted by atomic mass is 19.1. The number of nitrogens with zero attached hydrogens (tertiary/aromatic N) is 3. The maximum Gasteiger partial charge on any atom is 0.255 e. The molecule has 1 aromatic carbocycles. The van der Waals surface area contributed by atoms with Crippen molar-refractivity contribution >= 4 is 17.1 Å². The molecule has 0 spiro atoms. The smallest absolute Gasteiger partial charge is 0.255 e. The molecule has 2 fully saturated rings. The highest BCUT2D eigenvalue weighted by Gasteiger charge is 2.29. The van der Waals surface area contributed by atoms with Gasteiger partial charge in [-0.2, -0.15) is 5.10 Å². The number of amides is 1. The number of carbonyl (C=O) groups excluding carboxylic acids is 1. The van der Waals surface area contributed by atoms with Crippen molar-refractivity contribution in [2.45, 2.75) is 37.8 Å². The van der Waals surface area contributed by atoms with E-state index in [0.29, 0.717) is 29.9 Å². The molecule has 31 heavy (non-hydrogen) atoms. The number of aromatic nitrogens is 2. The highest BCUT2D eigenvalue weighted by Crippen LogP contribution is 2.38. The summed E-state index contributed by atoms with van der Waals surface area (Å²) in [5.74, 6) is -1.00. The van der Waals surface area contributed by atoms with Crippen LogP contribution in [0.4, 0.5) is 14.5 Å². The van der Waals surface area contributed by atoms with Gasteiger partial charge in [0.25, 0.3) is 5.91 Å². The van der Waals surface area contributed by atoms with Crippen molar-refractivity contribution in [1.82, 2.24) is 14.9 Å². The maximum absolute atomic E-state index is 14.4. The summed E-state index contributed by atoms with van der Waals surface area (Å²) in [4.78, 5) is 15.0. The molecule has 6 nitrogen and oxygen atoms in total. The van der Waals surface area contributed by atoms with Crippen LogP contribution >= 0.6 is 0 Å². The van der Waals surface area contributed by atoms with Gasteiger partial charge in [0, 0.05) is 43.2 Å². The molecular weight excluding hydrogens is 402 g/mol. The molecule has 162 valence electrons. The maximum atomic E-state index is 14.4. The van der Waals surface area contributed by atoms with Gasteiger partial charge >= 0.3 is 0 Å². The summed E-state index contributed by atoms with van der Waals surface area (Å²) >= 11 is 0. The molecule has 1 unspecified atom stereocenters. The standard InChI is InChI=1S/C23H24F2N4O2/c24-15-3-4-20(25)18(12-15)21-2-1-8-28(21)17-5-9-29-22(13-17)19(14-26-29)23(30)27-16-6-10-31-11-7-16/h3-5,9,12-14,16,21H,1-2,6-8,10-11H2,(H,27,30). The van der Waals surface area contributed by atoms with E-state index in [1.165, 1.54) is 12.1 Å². The Labute approximate surface area is 178 Å². The zero-order valence-electron chi connectivity index (χ0n) is 17.1. The molecule has 3 aromatic rings. The van der Waals surface area contributed by atoms with Crippen molar-refractivity contribution in [3.05, 3.63) is 65.5 Å². The summed E-state index contributed by atoms with van der Waals surface area (Å²) < 4.78 is 35.2. The second-order valence-corrected chi connectivity index (χ2v) is 8.15. The zero-order valence-corrected chi connectivity index (χ0v) is 17.1. The zero-order chi connectivity index (χ0) is 21.4. The van der Waals surface area contributed by atoms with Crippen LogP contribution in [0.1, 0.15) is 47.6 Å². The third-order valence-electron chi connectivity index (χ3n) is 6.21. The molecule has 4 heterocycles. The third kappa shape index (κ3) is 3.87. The molecule has 2 aliphatic rings. The largest absolute Gasteiger partial charge is 0.381 e. The number of carbonyl (C=O) groups is 1. The highest BCUT2D eigenvalue weighted by molar-refractivity contribution is 6.01. The fourth-order valence-electron chi connectivity index (χ4n) is 4.60. The van der Waals surface area contributed by atoms with Crippen LogP contribution in [0.3, 0.4) is 0 Å². The number of rotatable bonds is 4. The van der Waals surface area contributed by atoms with Crippen LogP contribution in [0.5, 0.6) is 0 Å². The van der Waals surface area contributed by atoms with E-state index in [1.54, 1.807) is 16.9 Å². The summed E-state index contributed by atoms with van der Waals surface area (Å²) in [5, 5.41) is 7.38. The molecule has 0 saturated carbocycles. The Hall–Kier alpha value is -3.00. The van der Waals surface area contributed by atoms with Crippen molar-refractivity contribution < 1.29 is 18.3 Å². The SMILES string of the molecule is O=C(NC1CCOCC1)c1cnn2ccc(N3CCCC3c3cc(F)ccc3F)cc12. The van der Waals surface area contributed by atoms with Crippen molar-refractivity contribution in [2.24, 2.45) is 0 Å². The van der Waals surface area contributed by atoms with Crippen molar-refractivity contribution in [1.29, 1.82) is 0 Å². The molecule has 2 aliphatic heterocycles. The normalized spacial score (nSPS) is 19.8. The van der Waals surface area contributed by atoms with Crippen LogP contribution in [0.15, 0.2) is 42.7 Å². The van der Waals surface area contributed by atoms with Gasteiger partial charge in [-0.3, -0.25) is 4.79 Å². The topological polar surface area (TPSA) is 58.9 Å². The summed E-state index contributed by atoms with van der Waals surface area (Å²) in [6.07, 6.45) is 6.58. The van der Waals surface area contributed by atoms with E-state index >= 15 is 0 Å². The third-order valence-corrected chi connectivity index (χ3v) is 6.21. The van der Waals surface area contributed by atoms with Gasteiger partial charge in [-0.1, -0.05) is 0 Å². The number of halogens is 2. The Morgan fingerprint density at radius 2 is 1.97 bits per heavy atom. The van der Waals surface area contributed by atoms with Gasteiger partial charge in [-0.15, -0.1) is 0 Å². The van der Waals surface area contributed by atoms with E-state index in [2.05, 4.69) is 15.3 Å². The van der Waals surface area contributed by atoms with Gasteiger partial charge in [0.1, 0.15) is 11.6 Å². The Bertz CT molecular complexity index is 1110. The Morgan fingerprint density at radius 1 is 1.13 bits per heavy atom. The molecule has 5 rings (SSSR count). The molecule has 2 aromatic heterocycles. The number of hydrogen-bond donors (Lipinski definition) is 1. The first-order valence-corrected chi connectivity index (χ1v) is 10.7. The summed E-state index contributed by atoms with van der Waals surface area (Å²) in [6, 6.07) is 7.25. The van der Waals surface area contributed by atoms with Crippen LogP contribution in [-0.2, 0) is 4.74 Å². The van der Waals surface area contributed by atoms with Crippen molar-refractivity contribution in [3.63, 3.8) is 0 Å². The van der Waals surface area contributed by atoms with Crippen LogP contribution in [0, 0.1) is 11.6 Å². The second-order valence-electron chi connectivity index (χ2n) is 8.15. The van der Waals surface area contributed by atoms with Gasteiger partial charge in [-0.05, 0) is 56.0 Å². The predicted octanol–water partition coefficient (Wildman–Crippen LogP) is 3.86. The van der Waals surface area contributed by atoms with Crippen molar-refractivity contribution in [3.8, 4) is 0 Å². The lowest BCUT2D eigenvalue weighted by Crippen LogP contribution is -2.38. The number of fused-ring (bicyclic) bond motifs is 1. The molecule has 0 bridgehead atoms. The van der Waals surface area contributed by atoms with Crippen LogP contribution in [0.2, 0.25) is 0 Å². The lowest BCUT2D eigenvalue weighted by molar-refractivity contribution is 0.0697. The summed E-state index contributed by atoms with van der Waals surface area (Å²) in [5.41, 5.74) is 2.41. The Morgan fingerprint density at radius 3 is 2.81 bits per heavy atom. The first-order valence-electron chi connectivity index (χ1n) is 10.7. The van der Waals surface area contributed by atoms with Gasteiger partial charge in [0.05, 0.1) is 23.3 Å². The minimum Gasteiger partial charge on any atom is -0.381 e. The number of pyridine rings is 1. The molecule has 1 amide bonds. The Kier molecular flexibility index (Phi) is 5.31. The number of anilines is 1. The number of hydrogen-bond acceptors (Lipinski definition) is 4. The number of ether oxygens (including phenoxy) is 1. The first kappa shape index (κ1) is 19.9. The Balaban J connectivity index is 1.44. The van der Waals surface area contributed by atoms with Crippen LogP contribution in [0.25, 0.3) is 5.52 Å². The van der Waals surface area contributed by atoms with Gasteiger partial charge in [-0.25, -0.2) is 13.3 Å². The predicted molar refractivity (Wildman–Crippen MR) is 112 cm³/mol. The fraction of sp³-hybridized carbons (Fsp3) is 0.391. The minimum absolute atomic E-state index is 0.0956. The molecule has 2 saturated heterocycles. The molecule has 1 atom stereocenters. The van der Waals surface area contributed by atoms with Crippen LogP contribution < -0.4 is 10.2 Å². The number of benzene rings is 1. The first-order chi connectivity index (χ1) is 15.1. The van der Waals surface area contributed by atoms with E-state index in [0.717, 1.165) is 44.0 Å². The van der Waals surface area contributed by atoms with E-state index < -0.39 is 11.6 Å². The van der Waals surface area contributed by atoms with Gasteiger partial charge in [0.2, 0.25) is 0 Å². The van der Waals surface area contributed by atoms with E-state index in [4.69, 9.17) is 4.74 Å². The monoisotopic (exact) mass is 426 g/mol. The van der Waals surface area contributed by atoms with Gasteiger partial charge < -0.3 is 15.0 Å². The molecule has 0 radical (unpaired) electrons. The lowest BCUT2D eigenvalue weighted by atomic mass is 10.0. The van der Waals surface area contributed by atoms with Crippen LogP contribution in [-0.4, -0.2) is 41.3 Å². The van der Waals surface area contributed by atoms with Gasteiger partial charge in [0.15, 0.2) is 0 Å². The summed E-state index contributed by atoms with van der Waals surface area (Å²) in [6.45, 7) is 2.03. The lowest BCUT2D eigenvalue weighted by Gasteiger charge is -2.27.